The van der Waals surface area contributed by atoms with E-state index in [1.54, 1.807) is 12.1 Å². The predicted octanol–water partition coefficient (Wildman–Crippen LogP) is 5.51. The van der Waals surface area contributed by atoms with Crippen LogP contribution in [0, 0.1) is 17.1 Å². The number of nitrogens with zero attached hydrogens (tertiary/aromatic N) is 1. The number of carbonyl (C=O) groups excluding carboxylic acids is 1. The second kappa shape index (κ2) is 7.63. The predicted molar refractivity (Wildman–Crippen MR) is 97.1 cm³/mol. The Morgan fingerprint density at radius 1 is 1.35 bits per heavy atom. The van der Waals surface area contributed by atoms with Gasteiger partial charge in [-0.2, -0.15) is 5.26 Å². The number of hydrogen-bond donors (Lipinski definition) is 2. The van der Waals surface area contributed by atoms with Crippen LogP contribution < -0.4 is 15.4 Å². The number of hydrogen-bond acceptors (Lipinski definition) is 3. The third-order valence-electron chi connectivity index (χ3n) is 4.19. The van der Waals surface area contributed by atoms with Crippen molar-refractivity contribution < 1.29 is 13.9 Å². The first kappa shape index (κ1) is 18.0. The maximum Gasteiger partial charge on any atom is 0.319 e. The zero-order valence-electron chi connectivity index (χ0n) is 14.1. The monoisotopic (exact) mass is 373 g/mol. The maximum atomic E-state index is 14.2. The van der Waals surface area contributed by atoms with Crippen LogP contribution in [0.1, 0.15) is 43.4 Å². The van der Waals surface area contributed by atoms with E-state index in [0.717, 1.165) is 12.8 Å². The van der Waals surface area contributed by atoms with Gasteiger partial charge >= 0.3 is 6.03 Å². The van der Waals surface area contributed by atoms with Crippen molar-refractivity contribution in [1.82, 2.24) is 5.32 Å². The molecule has 3 rings (SSSR count). The summed E-state index contributed by atoms with van der Waals surface area (Å²) in [6, 6.07) is 8.61. The Morgan fingerprint density at radius 2 is 2.15 bits per heavy atom. The number of halogens is 2. The second-order valence-corrected chi connectivity index (χ2v) is 6.37. The van der Waals surface area contributed by atoms with E-state index in [4.69, 9.17) is 16.3 Å². The minimum absolute atomic E-state index is 0.0895. The number of para-hydroxylation sites is 1. The third-order valence-corrected chi connectivity index (χ3v) is 4.51. The van der Waals surface area contributed by atoms with Gasteiger partial charge < -0.3 is 15.4 Å². The number of anilines is 1. The zero-order valence-corrected chi connectivity index (χ0v) is 14.9. The zero-order chi connectivity index (χ0) is 18.7. The fourth-order valence-corrected chi connectivity index (χ4v) is 3.16. The molecule has 26 heavy (non-hydrogen) atoms. The number of benzene rings is 2. The van der Waals surface area contributed by atoms with E-state index in [1.807, 2.05) is 6.07 Å². The number of nitriles is 1. The molecule has 0 fully saturated rings. The molecule has 1 aliphatic heterocycles. The maximum absolute atomic E-state index is 14.2. The summed E-state index contributed by atoms with van der Waals surface area (Å²) in [6.45, 7) is 2.05. The van der Waals surface area contributed by atoms with Crippen molar-refractivity contribution in [2.75, 3.05) is 5.32 Å². The summed E-state index contributed by atoms with van der Waals surface area (Å²) in [5, 5.41) is 15.1. The van der Waals surface area contributed by atoms with Crippen LogP contribution in [0.15, 0.2) is 30.3 Å². The van der Waals surface area contributed by atoms with Crippen LogP contribution in [0.5, 0.6) is 11.5 Å². The number of urea groups is 1. The summed E-state index contributed by atoms with van der Waals surface area (Å²) in [5.74, 6) is -0.434. The summed E-state index contributed by atoms with van der Waals surface area (Å²) in [5.41, 5.74) is 1.19. The lowest BCUT2D eigenvalue weighted by atomic mass is 9.96. The molecule has 0 spiro atoms. The molecule has 0 saturated heterocycles. The minimum Gasteiger partial charge on any atom is -0.452 e. The van der Waals surface area contributed by atoms with E-state index in [0.29, 0.717) is 28.4 Å². The van der Waals surface area contributed by atoms with Gasteiger partial charge in [-0.15, -0.1) is 0 Å². The van der Waals surface area contributed by atoms with Gasteiger partial charge in [-0.3, -0.25) is 0 Å². The molecule has 0 aromatic heterocycles. The number of nitrogens with one attached hydrogen (secondary N) is 2. The smallest absolute Gasteiger partial charge is 0.319 e. The van der Waals surface area contributed by atoms with Crippen molar-refractivity contribution in [3.63, 3.8) is 0 Å². The van der Waals surface area contributed by atoms with Gasteiger partial charge in [-0.1, -0.05) is 37.4 Å². The quantitative estimate of drug-likeness (QED) is 0.725. The average Bonchev–Trinajstić information content (AvgIpc) is 2.63. The summed E-state index contributed by atoms with van der Waals surface area (Å²) >= 11 is 6.25. The molecule has 0 radical (unpaired) electrons. The van der Waals surface area contributed by atoms with Gasteiger partial charge in [-0.05, 0) is 30.7 Å². The Hall–Kier alpha value is -2.78. The molecule has 2 aromatic carbocycles. The highest BCUT2D eigenvalue weighted by Gasteiger charge is 2.30. The number of carbonyl (C=O) groups is 1. The molecule has 5 nitrogen and oxygen atoms in total. The molecular weight excluding hydrogens is 357 g/mol. The number of rotatable bonds is 5. The van der Waals surface area contributed by atoms with Crippen LogP contribution in [0.2, 0.25) is 5.02 Å². The molecule has 134 valence electrons. The van der Waals surface area contributed by atoms with Gasteiger partial charge in [0.25, 0.3) is 0 Å². The normalized spacial score (nSPS) is 15.5. The lowest BCUT2D eigenvalue weighted by Crippen LogP contribution is -2.38. The number of ether oxygens (including phenoxy) is 1. The number of amides is 2. The van der Waals surface area contributed by atoms with Gasteiger partial charge in [0.05, 0.1) is 22.3 Å². The van der Waals surface area contributed by atoms with E-state index >= 15 is 0 Å². The van der Waals surface area contributed by atoms with Crippen molar-refractivity contribution in [2.24, 2.45) is 0 Å². The van der Waals surface area contributed by atoms with E-state index in [-0.39, 0.29) is 23.4 Å². The van der Waals surface area contributed by atoms with Crippen molar-refractivity contribution in [3.05, 3.63) is 52.3 Å². The topological polar surface area (TPSA) is 74.2 Å². The molecule has 0 aliphatic carbocycles. The largest absolute Gasteiger partial charge is 0.452 e. The molecule has 1 aliphatic rings. The first-order valence-electron chi connectivity index (χ1n) is 8.31. The molecule has 1 atom stereocenters. The van der Waals surface area contributed by atoms with Gasteiger partial charge in [0.15, 0.2) is 11.6 Å². The Bertz CT molecular complexity index is 895. The van der Waals surface area contributed by atoms with Crippen LogP contribution in [0.3, 0.4) is 0 Å². The van der Waals surface area contributed by atoms with Crippen LogP contribution >= 0.6 is 11.6 Å². The molecule has 7 heteroatoms. The first-order chi connectivity index (χ1) is 12.5. The average molecular weight is 374 g/mol. The standard InChI is InChI=1S/C19H17ClFN3O2/c1-2-3-7-14-16-15(9-8-12(20)17(16)24-19(25)23-14)26-18-11(10-22)5-4-6-13(18)21/h4-6,8-9,14H,2-3,7H2,1H3,(H2,23,24,25). The van der Waals surface area contributed by atoms with Gasteiger partial charge in [0.1, 0.15) is 11.8 Å². The second-order valence-electron chi connectivity index (χ2n) is 5.96. The Kier molecular flexibility index (Phi) is 5.29. The third kappa shape index (κ3) is 3.44. The molecule has 2 amide bonds. The van der Waals surface area contributed by atoms with Crippen LogP contribution in [0.4, 0.5) is 14.9 Å². The van der Waals surface area contributed by atoms with Crippen LogP contribution in [0.25, 0.3) is 0 Å². The fourth-order valence-electron chi connectivity index (χ4n) is 2.95. The van der Waals surface area contributed by atoms with Crippen molar-refractivity contribution in [1.29, 1.82) is 5.26 Å². The number of unbranched alkanes of at least 4 members (excludes halogenated alkanes) is 1. The summed E-state index contributed by atoms with van der Waals surface area (Å²) in [4.78, 5) is 12.0. The highest BCUT2D eigenvalue weighted by atomic mass is 35.5. The van der Waals surface area contributed by atoms with Crippen LogP contribution in [-0.4, -0.2) is 6.03 Å². The van der Waals surface area contributed by atoms with Crippen LogP contribution in [-0.2, 0) is 0 Å². The highest BCUT2D eigenvalue weighted by molar-refractivity contribution is 6.34. The molecule has 1 unspecified atom stereocenters. The molecule has 2 aromatic rings. The Balaban J connectivity index is 2.09. The molecular formula is C19H17ClFN3O2. The Labute approximate surface area is 155 Å². The summed E-state index contributed by atoms with van der Waals surface area (Å²) in [6.07, 6.45) is 2.53. The van der Waals surface area contributed by atoms with Crippen molar-refractivity contribution in [3.8, 4) is 17.6 Å². The minimum atomic E-state index is -0.634. The molecule has 0 saturated carbocycles. The lowest BCUT2D eigenvalue weighted by molar-refractivity contribution is 0.246. The fraction of sp³-hybridized carbons (Fsp3) is 0.263. The lowest BCUT2D eigenvalue weighted by Gasteiger charge is -2.30. The van der Waals surface area contributed by atoms with E-state index < -0.39 is 5.82 Å². The van der Waals surface area contributed by atoms with Gasteiger partial charge in [0, 0.05) is 5.56 Å². The van der Waals surface area contributed by atoms with Crippen molar-refractivity contribution in [2.45, 2.75) is 32.2 Å². The summed E-state index contributed by atoms with van der Waals surface area (Å²) in [7, 11) is 0. The van der Waals surface area contributed by atoms with Gasteiger partial charge in [0.2, 0.25) is 0 Å². The molecule has 0 bridgehead atoms. The molecule has 2 N–H and O–H groups in total. The Morgan fingerprint density at radius 3 is 2.88 bits per heavy atom. The van der Waals surface area contributed by atoms with E-state index in [9.17, 15) is 14.4 Å². The number of fused-ring (bicyclic) bond motifs is 1. The van der Waals surface area contributed by atoms with E-state index in [2.05, 4.69) is 17.6 Å². The van der Waals surface area contributed by atoms with Gasteiger partial charge in [-0.25, -0.2) is 9.18 Å². The highest BCUT2D eigenvalue weighted by Crippen LogP contribution is 2.43. The summed E-state index contributed by atoms with van der Waals surface area (Å²) < 4.78 is 20.0. The first-order valence-corrected chi connectivity index (χ1v) is 8.69. The SMILES string of the molecule is CCCCC1NC(=O)Nc2c(Cl)ccc(Oc3c(F)cccc3C#N)c21. The van der Waals surface area contributed by atoms with Crippen molar-refractivity contribution >= 4 is 23.3 Å². The molecule has 1 heterocycles. The van der Waals surface area contributed by atoms with E-state index in [1.165, 1.54) is 18.2 Å².